The number of hydrogen-bond acceptors (Lipinski definition) is 3. The average molecular weight is 252 g/mol. The molecule has 17 heavy (non-hydrogen) atoms. The molecule has 2 atom stereocenters. The van der Waals surface area contributed by atoms with E-state index in [9.17, 15) is 0 Å². The quantitative estimate of drug-likeness (QED) is 0.802. The summed E-state index contributed by atoms with van der Waals surface area (Å²) >= 11 is 1.91. The first-order valence-corrected chi connectivity index (χ1v) is 7.54. The first-order chi connectivity index (χ1) is 8.15. The Balaban J connectivity index is 2.36. The van der Waals surface area contributed by atoms with Crippen LogP contribution in [0.25, 0.3) is 0 Å². The molecule has 96 valence electrons. The van der Waals surface area contributed by atoms with E-state index >= 15 is 0 Å². The van der Waals surface area contributed by atoms with Crippen LogP contribution in [0.15, 0.2) is 30.3 Å². The molecule has 0 bridgehead atoms. The molecule has 0 spiro atoms. The minimum Gasteiger partial charge on any atom is -0.383 e. The minimum absolute atomic E-state index is 0.539. The number of benzene rings is 1. The summed E-state index contributed by atoms with van der Waals surface area (Å²) in [6.07, 6.45) is 2.16. The molecule has 0 saturated carbocycles. The molecule has 0 aliphatic rings. The summed E-state index contributed by atoms with van der Waals surface area (Å²) in [5.74, 6) is 1.19. The lowest BCUT2D eigenvalue weighted by Gasteiger charge is -2.30. The van der Waals surface area contributed by atoms with Crippen LogP contribution in [0.1, 0.15) is 13.8 Å². The van der Waals surface area contributed by atoms with Gasteiger partial charge >= 0.3 is 0 Å². The fourth-order valence-electron chi connectivity index (χ4n) is 1.76. The predicted octanol–water partition coefficient (Wildman–Crippen LogP) is 3.17. The molecular weight excluding hydrogens is 228 g/mol. The minimum atomic E-state index is 0.539. The van der Waals surface area contributed by atoms with Gasteiger partial charge in [-0.15, -0.1) is 0 Å². The van der Waals surface area contributed by atoms with Crippen molar-refractivity contribution >= 4 is 17.4 Å². The number of nitrogens with one attached hydrogen (secondary N) is 1. The van der Waals surface area contributed by atoms with E-state index in [0.717, 1.165) is 6.54 Å². The second-order valence-corrected chi connectivity index (χ2v) is 5.48. The van der Waals surface area contributed by atoms with Crippen molar-refractivity contribution in [3.8, 4) is 0 Å². The fourth-order valence-corrected chi connectivity index (χ4v) is 2.48. The lowest BCUT2D eigenvalue weighted by molar-refractivity contribution is 0.219. The van der Waals surface area contributed by atoms with Crippen LogP contribution in [0.3, 0.4) is 0 Å². The molecule has 0 heterocycles. The van der Waals surface area contributed by atoms with Gasteiger partial charge in [0.05, 0.1) is 0 Å². The third-order valence-corrected chi connectivity index (χ3v) is 3.99. The largest absolute Gasteiger partial charge is 0.383 e. The van der Waals surface area contributed by atoms with Crippen molar-refractivity contribution in [2.75, 3.05) is 30.9 Å². The molecule has 1 rings (SSSR count). The van der Waals surface area contributed by atoms with Gasteiger partial charge in [-0.1, -0.05) is 18.2 Å². The molecule has 3 heteroatoms. The standard InChI is InChI=1S/C14H24N2S/c1-12(16(3)13(2)11-17-4)10-15-14-8-6-5-7-9-14/h5-9,12-13,15H,10-11H2,1-4H3. The number of thioether (sulfide) groups is 1. The molecule has 0 fully saturated rings. The topological polar surface area (TPSA) is 15.3 Å². The maximum Gasteiger partial charge on any atom is 0.0340 e. The predicted molar refractivity (Wildman–Crippen MR) is 80.0 cm³/mol. The monoisotopic (exact) mass is 252 g/mol. The van der Waals surface area contributed by atoms with Crippen LogP contribution in [-0.4, -0.2) is 42.6 Å². The molecule has 1 aromatic rings. The number of likely N-dealkylation sites (N-methyl/N-ethyl adjacent to an activating group) is 1. The van der Waals surface area contributed by atoms with Crippen molar-refractivity contribution in [2.45, 2.75) is 25.9 Å². The van der Waals surface area contributed by atoms with Crippen molar-refractivity contribution in [3.05, 3.63) is 30.3 Å². The third kappa shape index (κ3) is 5.00. The smallest absolute Gasteiger partial charge is 0.0340 e. The van der Waals surface area contributed by atoms with E-state index in [2.05, 4.69) is 61.6 Å². The number of para-hydroxylation sites is 1. The van der Waals surface area contributed by atoms with Gasteiger partial charge in [-0.25, -0.2) is 0 Å². The van der Waals surface area contributed by atoms with Gasteiger partial charge in [-0.2, -0.15) is 11.8 Å². The lowest BCUT2D eigenvalue weighted by atomic mass is 10.2. The molecule has 0 aliphatic heterocycles. The fraction of sp³-hybridized carbons (Fsp3) is 0.571. The average Bonchev–Trinajstić information content (AvgIpc) is 2.36. The van der Waals surface area contributed by atoms with E-state index in [0.29, 0.717) is 12.1 Å². The van der Waals surface area contributed by atoms with E-state index in [4.69, 9.17) is 0 Å². The van der Waals surface area contributed by atoms with Gasteiger partial charge in [-0.3, -0.25) is 4.90 Å². The van der Waals surface area contributed by atoms with Gasteiger partial charge < -0.3 is 5.32 Å². The Bertz CT molecular complexity index is 302. The summed E-state index contributed by atoms with van der Waals surface area (Å²) < 4.78 is 0. The van der Waals surface area contributed by atoms with Crippen LogP contribution in [0.4, 0.5) is 5.69 Å². The highest BCUT2D eigenvalue weighted by Gasteiger charge is 2.14. The van der Waals surface area contributed by atoms with Crippen molar-refractivity contribution in [3.63, 3.8) is 0 Å². The zero-order chi connectivity index (χ0) is 12.7. The van der Waals surface area contributed by atoms with Crippen LogP contribution in [-0.2, 0) is 0 Å². The zero-order valence-electron chi connectivity index (χ0n) is 11.3. The molecule has 2 unspecified atom stereocenters. The van der Waals surface area contributed by atoms with Crippen molar-refractivity contribution in [1.29, 1.82) is 0 Å². The van der Waals surface area contributed by atoms with Crippen molar-refractivity contribution in [1.82, 2.24) is 4.90 Å². The maximum absolute atomic E-state index is 3.47. The lowest BCUT2D eigenvalue weighted by Crippen LogP contribution is -2.41. The molecule has 1 N–H and O–H groups in total. The molecule has 2 nitrogen and oxygen atoms in total. The molecular formula is C14H24N2S. The van der Waals surface area contributed by atoms with Gasteiger partial charge in [0.2, 0.25) is 0 Å². The Kier molecular flexibility index (Phi) is 6.45. The first kappa shape index (κ1) is 14.4. The van der Waals surface area contributed by atoms with Crippen LogP contribution >= 0.6 is 11.8 Å². The summed E-state index contributed by atoms with van der Waals surface area (Å²) in [4.78, 5) is 2.44. The van der Waals surface area contributed by atoms with E-state index in [-0.39, 0.29) is 0 Å². The molecule has 1 aromatic carbocycles. The summed E-state index contributed by atoms with van der Waals surface area (Å²) in [6.45, 7) is 5.54. The summed E-state index contributed by atoms with van der Waals surface area (Å²) in [5.41, 5.74) is 1.20. The van der Waals surface area contributed by atoms with Gasteiger partial charge in [0.15, 0.2) is 0 Å². The van der Waals surface area contributed by atoms with Crippen LogP contribution in [0.2, 0.25) is 0 Å². The van der Waals surface area contributed by atoms with Gasteiger partial charge in [0, 0.05) is 30.1 Å². The number of rotatable bonds is 7. The second kappa shape index (κ2) is 7.62. The number of nitrogens with zero attached hydrogens (tertiary/aromatic N) is 1. The zero-order valence-corrected chi connectivity index (χ0v) is 12.1. The van der Waals surface area contributed by atoms with Gasteiger partial charge in [0.25, 0.3) is 0 Å². The molecule has 0 saturated heterocycles. The van der Waals surface area contributed by atoms with Crippen LogP contribution < -0.4 is 5.32 Å². The first-order valence-electron chi connectivity index (χ1n) is 6.15. The SMILES string of the molecule is CSCC(C)N(C)C(C)CNc1ccccc1. The van der Waals surface area contributed by atoms with E-state index in [1.165, 1.54) is 11.4 Å². The highest BCUT2D eigenvalue weighted by Crippen LogP contribution is 2.10. The molecule has 0 aromatic heterocycles. The highest BCUT2D eigenvalue weighted by atomic mass is 32.2. The molecule has 0 aliphatic carbocycles. The van der Waals surface area contributed by atoms with E-state index in [1.54, 1.807) is 0 Å². The van der Waals surface area contributed by atoms with Gasteiger partial charge in [-0.05, 0) is 39.3 Å². The summed E-state index contributed by atoms with van der Waals surface area (Å²) in [7, 11) is 2.21. The molecule has 0 radical (unpaired) electrons. The Morgan fingerprint density at radius 1 is 1.18 bits per heavy atom. The van der Waals surface area contributed by atoms with Gasteiger partial charge in [0.1, 0.15) is 0 Å². The maximum atomic E-state index is 3.47. The second-order valence-electron chi connectivity index (χ2n) is 4.57. The normalized spacial score (nSPS) is 14.6. The van der Waals surface area contributed by atoms with E-state index < -0.39 is 0 Å². The Morgan fingerprint density at radius 3 is 2.41 bits per heavy atom. The highest BCUT2D eigenvalue weighted by molar-refractivity contribution is 7.98. The third-order valence-electron chi connectivity index (χ3n) is 3.17. The summed E-state index contributed by atoms with van der Waals surface area (Å²) in [5, 5.41) is 3.47. The van der Waals surface area contributed by atoms with Crippen molar-refractivity contribution < 1.29 is 0 Å². The van der Waals surface area contributed by atoms with Crippen LogP contribution in [0.5, 0.6) is 0 Å². The molecule has 0 amide bonds. The number of hydrogen-bond donors (Lipinski definition) is 1. The summed E-state index contributed by atoms with van der Waals surface area (Å²) in [6, 6.07) is 11.5. The van der Waals surface area contributed by atoms with Crippen molar-refractivity contribution in [2.24, 2.45) is 0 Å². The Labute approximate surface area is 110 Å². The number of anilines is 1. The van der Waals surface area contributed by atoms with E-state index in [1.807, 2.05) is 17.8 Å². The van der Waals surface area contributed by atoms with Crippen LogP contribution in [0, 0.1) is 0 Å². The Morgan fingerprint density at radius 2 is 1.82 bits per heavy atom. The Hall–Kier alpha value is -0.670.